The molecule has 0 heterocycles. The van der Waals surface area contributed by atoms with Gasteiger partial charge in [-0.25, -0.2) is 0 Å². The first-order valence-corrected chi connectivity index (χ1v) is 3.29. The van der Waals surface area contributed by atoms with Gasteiger partial charge in [-0.15, -0.1) is 6.58 Å². The minimum Gasteiger partial charge on any atom is -0.103 e. The second kappa shape index (κ2) is 3.71. The highest BCUT2D eigenvalue weighted by Crippen LogP contribution is 2.13. The van der Waals surface area contributed by atoms with Crippen LogP contribution in [0.25, 0.3) is 0 Å². The third-order valence-electron chi connectivity index (χ3n) is 1.68. The fourth-order valence-electron chi connectivity index (χ4n) is 0.535. The fraction of sp³-hybridized carbons (Fsp3) is 0.750. The molecule has 0 radical (unpaired) electrons. The van der Waals surface area contributed by atoms with Crippen LogP contribution in [0.15, 0.2) is 12.7 Å². The van der Waals surface area contributed by atoms with Crippen LogP contribution in [0, 0.1) is 11.8 Å². The first-order valence-electron chi connectivity index (χ1n) is 3.29. The molecule has 0 saturated heterocycles. The molecule has 0 aliphatic carbocycles. The molecule has 0 N–H and O–H groups in total. The van der Waals surface area contributed by atoms with Gasteiger partial charge in [0.1, 0.15) is 0 Å². The molecule has 0 heteroatoms. The number of hydrogen-bond donors (Lipinski definition) is 0. The molecule has 0 bridgehead atoms. The Morgan fingerprint density at radius 3 is 2.00 bits per heavy atom. The van der Waals surface area contributed by atoms with E-state index in [1.165, 1.54) is 0 Å². The van der Waals surface area contributed by atoms with E-state index in [1.807, 2.05) is 6.08 Å². The van der Waals surface area contributed by atoms with Crippen LogP contribution in [0.4, 0.5) is 0 Å². The molecule has 8 heavy (non-hydrogen) atoms. The van der Waals surface area contributed by atoms with Crippen molar-refractivity contribution in [3.8, 4) is 0 Å². The maximum Gasteiger partial charge on any atom is -0.0325 e. The number of allylic oxidation sites excluding steroid dienone is 1. The molecular weight excluding hydrogens is 96.1 g/mol. The van der Waals surface area contributed by atoms with Gasteiger partial charge in [0, 0.05) is 0 Å². The van der Waals surface area contributed by atoms with E-state index in [2.05, 4.69) is 27.4 Å². The number of rotatable bonds is 3. The van der Waals surface area contributed by atoms with E-state index in [0.717, 1.165) is 18.3 Å². The van der Waals surface area contributed by atoms with Crippen LogP contribution >= 0.6 is 0 Å². The SMILES string of the molecule is C=CCC(C)C(C)C. The molecule has 0 rings (SSSR count). The molecule has 0 amide bonds. The lowest BCUT2D eigenvalue weighted by atomic mass is 9.95. The Balaban J connectivity index is 3.30. The summed E-state index contributed by atoms with van der Waals surface area (Å²) >= 11 is 0. The lowest BCUT2D eigenvalue weighted by molar-refractivity contribution is 0.424. The zero-order chi connectivity index (χ0) is 6.57. The normalized spacial score (nSPS) is 14.0. The lowest BCUT2D eigenvalue weighted by Crippen LogP contribution is -2.01. The molecule has 0 aromatic carbocycles. The zero-order valence-corrected chi connectivity index (χ0v) is 6.15. The van der Waals surface area contributed by atoms with Gasteiger partial charge in [0.05, 0.1) is 0 Å². The topological polar surface area (TPSA) is 0 Å². The fourth-order valence-corrected chi connectivity index (χ4v) is 0.535. The maximum atomic E-state index is 3.68. The highest BCUT2D eigenvalue weighted by molar-refractivity contribution is 4.71. The molecule has 48 valence electrons. The lowest BCUT2D eigenvalue weighted by Gasteiger charge is -2.11. The third-order valence-corrected chi connectivity index (χ3v) is 1.68. The molecule has 1 atom stereocenters. The smallest absolute Gasteiger partial charge is 0.0325 e. The minimum absolute atomic E-state index is 0.799. The quantitative estimate of drug-likeness (QED) is 0.492. The molecule has 0 spiro atoms. The van der Waals surface area contributed by atoms with Crippen molar-refractivity contribution in [3.63, 3.8) is 0 Å². The molecule has 0 aromatic rings. The Bertz CT molecular complexity index is 62.4. The molecule has 0 saturated carbocycles. The van der Waals surface area contributed by atoms with Crippen molar-refractivity contribution in [2.75, 3.05) is 0 Å². The van der Waals surface area contributed by atoms with Crippen LogP contribution in [0.1, 0.15) is 27.2 Å². The van der Waals surface area contributed by atoms with Crippen LogP contribution in [0.2, 0.25) is 0 Å². The van der Waals surface area contributed by atoms with E-state index in [1.54, 1.807) is 0 Å². The summed E-state index contributed by atoms with van der Waals surface area (Å²) in [6.07, 6.45) is 3.14. The molecule has 0 fully saturated rings. The van der Waals surface area contributed by atoms with Gasteiger partial charge in [0.25, 0.3) is 0 Å². The third kappa shape index (κ3) is 2.84. The minimum atomic E-state index is 0.799. The van der Waals surface area contributed by atoms with Crippen molar-refractivity contribution in [2.45, 2.75) is 27.2 Å². The van der Waals surface area contributed by atoms with Crippen molar-refractivity contribution in [1.82, 2.24) is 0 Å². The summed E-state index contributed by atoms with van der Waals surface area (Å²) in [6, 6.07) is 0. The van der Waals surface area contributed by atoms with Gasteiger partial charge in [-0.2, -0.15) is 0 Å². The predicted octanol–water partition coefficient (Wildman–Crippen LogP) is 2.85. The summed E-state index contributed by atoms with van der Waals surface area (Å²) in [5.74, 6) is 1.60. The molecule has 1 unspecified atom stereocenters. The Labute approximate surface area is 52.6 Å². The molecule has 0 aromatic heterocycles. The Hall–Kier alpha value is -0.260. The van der Waals surface area contributed by atoms with E-state index in [0.29, 0.717) is 0 Å². The van der Waals surface area contributed by atoms with E-state index >= 15 is 0 Å². The Kier molecular flexibility index (Phi) is 3.59. The van der Waals surface area contributed by atoms with Crippen LogP contribution in [0.3, 0.4) is 0 Å². The average Bonchev–Trinajstić information content (AvgIpc) is 1.67. The molecular formula is C8H16. The molecule has 0 nitrogen and oxygen atoms in total. The zero-order valence-electron chi connectivity index (χ0n) is 6.15. The summed E-state index contributed by atoms with van der Waals surface area (Å²) < 4.78 is 0. The van der Waals surface area contributed by atoms with Crippen molar-refractivity contribution in [2.24, 2.45) is 11.8 Å². The van der Waals surface area contributed by atoms with Gasteiger partial charge in [0.15, 0.2) is 0 Å². The van der Waals surface area contributed by atoms with Gasteiger partial charge in [0.2, 0.25) is 0 Å². The highest BCUT2D eigenvalue weighted by Gasteiger charge is 2.02. The summed E-state index contributed by atoms with van der Waals surface area (Å²) in [5, 5.41) is 0. The second-order valence-electron chi connectivity index (χ2n) is 2.75. The van der Waals surface area contributed by atoms with Crippen molar-refractivity contribution in [3.05, 3.63) is 12.7 Å². The first kappa shape index (κ1) is 7.74. The van der Waals surface area contributed by atoms with Crippen LogP contribution in [-0.2, 0) is 0 Å². The van der Waals surface area contributed by atoms with Crippen LogP contribution in [0.5, 0.6) is 0 Å². The molecule has 0 aliphatic rings. The number of hydrogen-bond acceptors (Lipinski definition) is 0. The van der Waals surface area contributed by atoms with E-state index in [9.17, 15) is 0 Å². The van der Waals surface area contributed by atoms with Crippen LogP contribution < -0.4 is 0 Å². The van der Waals surface area contributed by atoms with Gasteiger partial charge in [-0.3, -0.25) is 0 Å². The van der Waals surface area contributed by atoms with Crippen molar-refractivity contribution < 1.29 is 0 Å². The largest absolute Gasteiger partial charge is 0.103 e. The van der Waals surface area contributed by atoms with E-state index < -0.39 is 0 Å². The molecule has 0 aliphatic heterocycles. The van der Waals surface area contributed by atoms with Gasteiger partial charge >= 0.3 is 0 Å². The highest BCUT2D eigenvalue weighted by atomic mass is 14.1. The van der Waals surface area contributed by atoms with Gasteiger partial charge in [-0.1, -0.05) is 26.8 Å². The van der Waals surface area contributed by atoms with Crippen molar-refractivity contribution >= 4 is 0 Å². The maximum absolute atomic E-state index is 3.68. The monoisotopic (exact) mass is 112 g/mol. The Morgan fingerprint density at radius 1 is 1.38 bits per heavy atom. The standard InChI is InChI=1S/C8H16/c1-5-6-8(4)7(2)3/h5,7-8H,1,6H2,2-4H3. The summed E-state index contributed by atoms with van der Waals surface area (Å²) in [7, 11) is 0. The van der Waals surface area contributed by atoms with Crippen molar-refractivity contribution in [1.29, 1.82) is 0 Å². The average molecular weight is 112 g/mol. The summed E-state index contributed by atoms with van der Waals surface area (Å²) in [6.45, 7) is 10.4. The summed E-state index contributed by atoms with van der Waals surface area (Å²) in [4.78, 5) is 0. The van der Waals surface area contributed by atoms with Gasteiger partial charge < -0.3 is 0 Å². The van der Waals surface area contributed by atoms with Gasteiger partial charge in [-0.05, 0) is 18.3 Å². The van der Waals surface area contributed by atoms with Crippen LogP contribution in [-0.4, -0.2) is 0 Å². The summed E-state index contributed by atoms with van der Waals surface area (Å²) in [5.41, 5.74) is 0. The predicted molar refractivity (Wildman–Crippen MR) is 38.8 cm³/mol. The second-order valence-corrected chi connectivity index (χ2v) is 2.75. The van der Waals surface area contributed by atoms with E-state index in [-0.39, 0.29) is 0 Å². The first-order chi connectivity index (χ1) is 3.68. The Morgan fingerprint density at radius 2 is 1.88 bits per heavy atom. The van der Waals surface area contributed by atoms with E-state index in [4.69, 9.17) is 0 Å².